The highest BCUT2D eigenvalue weighted by Crippen LogP contribution is 2.22. The highest BCUT2D eigenvalue weighted by atomic mass is 16.1. The van der Waals surface area contributed by atoms with Crippen LogP contribution < -0.4 is 10.6 Å². The first kappa shape index (κ1) is 14.1. The van der Waals surface area contributed by atoms with E-state index in [0.717, 1.165) is 25.9 Å². The molecule has 1 aromatic carbocycles. The molecule has 1 atom stereocenters. The van der Waals surface area contributed by atoms with E-state index < -0.39 is 0 Å². The minimum Gasteiger partial charge on any atom is -0.355 e. The molecule has 3 heteroatoms. The Morgan fingerprint density at radius 2 is 2.11 bits per heavy atom. The van der Waals surface area contributed by atoms with Crippen LogP contribution in [0.1, 0.15) is 32.3 Å². The molecule has 0 aromatic heterocycles. The molecule has 0 spiro atoms. The van der Waals surface area contributed by atoms with Crippen LogP contribution in [0, 0.1) is 5.92 Å². The summed E-state index contributed by atoms with van der Waals surface area (Å²) in [5.41, 5.74) is 1.23. The molecule has 1 aromatic rings. The zero-order chi connectivity index (χ0) is 13.7. The maximum atomic E-state index is 12.1. The van der Waals surface area contributed by atoms with Gasteiger partial charge in [0.25, 0.3) is 0 Å². The van der Waals surface area contributed by atoms with Gasteiger partial charge >= 0.3 is 0 Å². The van der Waals surface area contributed by atoms with Gasteiger partial charge in [0.2, 0.25) is 5.91 Å². The summed E-state index contributed by atoms with van der Waals surface area (Å²) in [4.78, 5) is 12.1. The number of carbonyl (C=O) groups is 1. The fraction of sp³-hybridized carbons (Fsp3) is 0.562. The van der Waals surface area contributed by atoms with Crippen molar-refractivity contribution < 1.29 is 4.79 Å². The van der Waals surface area contributed by atoms with Crippen LogP contribution in [0.15, 0.2) is 30.3 Å². The van der Waals surface area contributed by atoms with Crippen molar-refractivity contribution in [3.63, 3.8) is 0 Å². The van der Waals surface area contributed by atoms with Crippen molar-refractivity contribution in [1.29, 1.82) is 0 Å². The first-order chi connectivity index (χ1) is 9.09. The Hall–Kier alpha value is -1.35. The molecule has 2 N–H and O–H groups in total. The Bertz CT molecular complexity index is 408. The number of nitrogens with one attached hydrogen (secondary N) is 2. The lowest BCUT2D eigenvalue weighted by atomic mass is 9.84. The Morgan fingerprint density at radius 1 is 1.37 bits per heavy atom. The van der Waals surface area contributed by atoms with Crippen LogP contribution in [0.5, 0.6) is 0 Å². The summed E-state index contributed by atoms with van der Waals surface area (Å²) in [5, 5.41) is 6.40. The molecule has 1 aliphatic rings. The van der Waals surface area contributed by atoms with Crippen molar-refractivity contribution in [2.24, 2.45) is 5.92 Å². The van der Waals surface area contributed by atoms with E-state index in [2.05, 4.69) is 36.6 Å². The zero-order valence-electron chi connectivity index (χ0n) is 11.9. The molecule has 1 saturated heterocycles. The summed E-state index contributed by atoms with van der Waals surface area (Å²) in [5.74, 6) is 0.330. The number of piperidine rings is 1. The van der Waals surface area contributed by atoms with Crippen LogP contribution in [-0.4, -0.2) is 25.5 Å². The predicted octanol–water partition coefficient (Wildman–Crippen LogP) is 2.08. The van der Waals surface area contributed by atoms with E-state index in [4.69, 9.17) is 0 Å². The van der Waals surface area contributed by atoms with Gasteiger partial charge in [0, 0.05) is 18.5 Å². The lowest BCUT2D eigenvalue weighted by molar-refractivity contribution is -0.125. The fourth-order valence-electron chi connectivity index (χ4n) is 2.52. The van der Waals surface area contributed by atoms with Crippen molar-refractivity contribution in [2.75, 3.05) is 19.6 Å². The number of amides is 1. The third kappa shape index (κ3) is 3.80. The van der Waals surface area contributed by atoms with E-state index in [1.807, 2.05) is 18.2 Å². The number of carbonyl (C=O) groups excluding carboxylic acids is 1. The smallest absolute Gasteiger partial charge is 0.224 e. The SMILES string of the molecule is CC(C)(CNC(=O)[C@H]1CCCNC1)c1ccccc1. The predicted molar refractivity (Wildman–Crippen MR) is 78.1 cm³/mol. The van der Waals surface area contributed by atoms with E-state index in [0.29, 0.717) is 6.54 Å². The van der Waals surface area contributed by atoms with Gasteiger partial charge in [0.1, 0.15) is 0 Å². The maximum Gasteiger partial charge on any atom is 0.224 e. The molecule has 3 nitrogen and oxygen atoms in total. The molecule has 0 saturated carbocycles. The van der Waals surface area contributed by atoms with E-state index in [1.165, 1.54) is 5.56 Å². The van der Waals surface area contributed by atoms with E-state index in [9.17, 15) is 4.79 Å². The summed E-state index contributed by atoms with van der Waals surface area (Å²) < 4.78 is 0. The number of benzene rings is 1. The largest absolute Gasteiger partial charge is 0.355 e. The summed E-state index contributed by atoms with van der Waals surface area (Å²) >= 11 is 0. The van der Waals surface area contributed by atoms with Crippen LogP contribution in [0.4, 0.5) is 0 Å². The van der Waals surface area contributed by atoms with Gasteiger partial charge in [-0.3, -0.25) is 4.79 Å². The van der Waals surface area contributed by atoms with Crippen molar-refractivity contribution in [2.45, 2.75) is 32.1 Å². The van der Waals surface area contributed by atoms with Crippen LogP contribution in [0.25, 0.3) is 0 Å². The van der Waals surface area contributed by atoms with Gasteiger partial charge in [-0.25, -0.2) is 0 Å². The normalized spacial score (nSPS) is 20.0. The number of hydrogen-bond acceptors (Lipinski definition) is 2. The van der Waals surface area contributed by atoms with Crippen LogP contribution >= 0.6 is 0 Å². The molecule has 104 valence electrons. The van der Waals surface area contributed by atoms with Gasteiger partial charge in [0.05, 0.1) is 5.92 Å². The first-order valence-corrected chi connectivity index (χ1v) is 7.13. The molecule has 1 amide bonds. The van der Waals surface area contributed by atoms with Crippen molar-refractivity contribution in [3.8, 4) is 0 Å². The second-order valence-corrected chi connectivity index (χ2v) is 6.01. The van der Waals surface area contributed by atoms with E-state index >= 15 is 0 Å². The molecule has 1 aliphatic heterocycles. The van der Waals surface area contributed by atoms with Gasteiger partial charge < -0.3 is 10.6 Å². The minimum atomic E-state index is -0.0288. The zero-order valence-corrected chi connectivity index (χ0v) is 11.9. The Kier molecular flexibility index (Phi) is 4.59. The second-order valence-electron chi connectivity index (χ2n) is 6.01. The number of hydrogen-bond donors (Lipinski definition) is 2. The van der Waals surface area contributed by atoms with Crippen molar-refractivity contribution >= 4 is 5.91 Å². The summed E-state index contributed by atoms with van der Waals surface area (Å²) in [6.45, 7) is 6.88. The highest BCUT2D eigenvalue weighted by molar-refractivity contribution is 5.79. The average Bonchev–Trinajstić information content (AvgIpc) is 2.47. The Balaban J connectivity index is 1.88. The van der Waals surface area contributed by atoms with Crippen molar-refractivity contribution in [1.82, 2.24) is 10.6 Å². The Morgan fingerprint density at radius 3 is 2.74 bits per heavy atom. The summed E-state index contributed by atoms with van der Waals surface area (Å²) in [7, 11) is 0. The van der Waals surface area contributed by atoms with Gasteiger partial charge in [-0.15, -0.1) is 0 Å². The van der Waals surface area contributed by atoms with E-state index in [1.54, 1.807) is 0 Å². The van der Waals surface area contributed by atoms with Gasteiger partial charge in [-0.1, -0.05) is 44.2 Å². The Labute approximate surface area is 115 Å². The van der Waals surface area contributed by atoms with Gasteiger partial charge in [0.15, 0.2) is 0 Å². The topological polar surface area (TPSA) is 41.1 Å². The van der Waals surface area contributed by atoms with E-state index in [-0.39, 0.29) is 17.2 Å². The molecule has 0 aliphatic carbocycles. The third-order valence-electron chi connectivity index (χ3n) is 3.93. The standard InChI is InChI=1S/C16H24N2O/c1-16(2,14-8-4-3-5-9-14)12-18-15(19)13-7-6-10-17-11-13/h3-5,8-9,13,17H,6-7,10-12H2,1-2H3,(H,18,19)/t13-/m0/s1. The molecule has 0 bridgehead atoms. The molecule has 2 rings (SSSR count). The number of rotatable bonds is 4. The molecule has 0 radical (unpaired) electrons. The fourth-order valence-corrected chi connectivity index (χ4v) is 2.52. The first-order valence-electron chi connectivity index (χ1n) is 7.13. The minimum absolute atomic E-state index is 0.0288. The summed E-state index contributed by atoms with van der Waals surface area (Å²) in [6, 6.07) is 10.3. The monoisotopic (exact) mass is 260 g/mol. The highest BCUT2D eigenvalue weighted by Gasteiger charge is 2.25. The van der Waals surface area contributed by atoms with Gasteiger partial charge in [-0.2, -0.15) is 0 Å². The quantitative estimate of drug-likeness (QED) is 0.870. The van der Waals surface area contributed by atoms with Crippen molar-refractivity contribution in [3.05, 3.63) is 35.9 Å². The lowest BCUT2D eigenvalue weighted by Crippen LogP contribution is -2.44. The van der Waals surface area contributed by atoms with Gasteiger partial charge in [-0.05, 0) is 24.9 Å². The van der Waals surface area contributed by atoms with Crippen LogP contribution in [0.2, 0.25) is 0 Å². The molecule has 19 heavy (non-hydrogen) atoms. The molecular formula is C16H24N2O. The van der Waals surface area contributed by atoms with Crippen LogP contribution in [-0.2, 0) is 10.2 Å². The molecular weight excluding hydrogens is 236 g/mol. The second kappa shape index (κ2) is 6.20. The molecule has 1 heterocycles. The molecule has 0 unspecified atom stereocenters. The van der Waals surface area contributed by atoms with Crippen LogP contribution in [0.3, 0.4) is 0 Å². The maximum absolute atomic E-state index is 12.1. The summed E-state index contributed by atoms with van der Waals surface area (Å²) in [6.07, 6.45) is 2.10. The lowest BCUT2D eigenvalue weighted by Gasteiger charge is -2.28. The third-order valence-corrected chi connectivity index (χ3v) is 3.93. The average molecular weight is 260 g/mol. The molecule has 1 fully saturated rings.